The highest BCUT2D eigenvalue weighted by Crippen LogP contribution is 2.59. The van der Waals surface area contributed by atoms with E-state index in [2.05, 4.69) is 300 Å². The zero-order valence-corrected chi connectivity index (χ0v) is 84.2. The Hall–Kier alpha value is -12.7. The number of hydrogen-bond donors (Lipinski definition) is 0. The third kappa shape index (κ3) is 21.1. The number of rotatable bonds is 20. The number of benzene rings is 15. The highest BCUT2D eigenvalue weighted by atomic mass is 19.4. The molecule has 0 aliphatic carbocycles. The molecule has 0 spiro atoms. The summed E-state index contributed by atoms with van der Waals surface area (Å²) in [5, 5.41) is 0. The molecule has 15 rings (SSSR count). The summed E-state index contributed by atoms with van der Waals surface area (Å²) in [6, 6.07) is 109. The number of halogens is 6. The Morgan fingerprint density at radius 2 is 0.400 bits per heavy atom. The van der Waals surface area contributed by atoms with E-state index in [-0.39, 0.29) is 49.5 Å². The molecule has 0 fully saturated rings. The van der Waals surface area contributed by atoms with Crippen molar-refractivity contribution in [2.24, 2.45) is 0 Å². The van der Waals surface area contributed by atoms with Crippen LogP contribution in [0, 0.1) is 118 Å². The normalized spacial score (nSPS) is 12.0. The summed E-state index contributed by atoms with van der Waals surface area (Å²) in [7, 11) is 5.21. The molecule has 700 valence electrons. The monoisotopic (exact) mass is 1810 g/mol. The summed E-state index contributed by atoms with van der Waals surface area (Å²) in [6.07, 6.45) is -9.00. The highest BCUT2D eigenvalue weighted by molar-refractivity contribution is 5.61. The van der Waals surface area contributed by atoms with Crippen molar-refractivity contribution in [2.45, 2.75) is 216 Å². The van der Waals surface area contributed by atoms with Crippen LogP contribution in [0.1, 0.15) is 226 Å². The molecule has 0 N–H and O–H groups in total. The Bertz CT molecular complexity index is 6120. The van der Waals surface area contributed by atoms with Gasteiger partial charge < -0.3 is 14.2 Å². The molecule has 0 bridgehead atoms. The largest absolute Gasteiger partial charge is 0.496 e. The van der Waals surface area contributed by atoms with Gasteiger partial charge in [0, 0.05) is 27.1 Å². The third-order valence-corrected chi connectivity index (χ3v) is 29.3. The van der Waals surface area contributed by atoms with Crippen LogP contribution in [-0.4, -0.2) is 33.7 Å². The van der Waals surface area contributed by atoms with Crippen LogP contribution < -0.4 is 14.2 Å². The fourth-order valence-corrected chi connectivity index (χ4v) is 19.4. The minimum absolute atomic E-state index is 0.0568. The first-order valence-electron chi connectivity index (χ1n) is 46.6. The van der Waals surface area contributed by atoms with Gasteiger partial charge in [0.1, 0.15) is 28.1 Å². The summed E-state index contributed by atoms with van der Waals surface area (Å²) in [5.41, 5.74) is 27.0. The van der Waals surface area contributed by atoms with Crippen molar-refractivity contribution in [3.05, 3.63) is 512 Å². The minimum Gasteiger partial charge on any atom is -0.496 e. The van der Waals surface area contributed by atoms with E-state index in [1.165, 1.54) is 100 Å². The maximum absolute atomic E-state index is 15.1. The van der Waals surface area contributed by atoms with E-state index < -0.39 is 28.6 Å². The maximum Gasteiger partial charge on any atom is 0.406 e. The van der Waals surface area contributed by atoms with Gasteiger partial charge in [-0.2, -0.15) is 26.3 Å². The first-order chi connectivity index (χ1) is 63.7. The van der Waals surface area contributed by atoms with E-state index in [1.807, 2.05) is 40.7 Å². The van der Waals surface area contributed by atoms with E-state index in [0.717, 1.165) is 61.8 Å². The molecule has 135 heavy (non-hydrogen) atoms. The molecule has 0 aliphatic rings. The molecular formula is C126H136F6O3. The molecule has 15 aromatic carbocycles. The first-order valence-corrected chi connectivity index (χ1v) is 46.6. The smallest absolute Gasteiger partial charge is 0.406 e. The molecule has 0 aliphatic heterocycles. The van der Waals surface area contributed by atoms with Crippen LogP contribution in [-0.2, 0) is 37.9 Å². The van der Waals surface area contributed by atoms with Crippen LogP contribution in [0.25, 0.3) is 0 Å². The van der Waals surface area contributed by atoms with Crippen molar-refractivity contribution < 1.29 is 40.6 Å². The maximum atomic E-state index is 15.1. The van der Waals surface area contributed by atoms with Gasteiger partial charge in [-0.25, -0.2) is 0 Å². The van der Waals surface area contributed by atoms with Crippen LogP contribution >= 0.6 is 0 Å². The molecule has 0 aromatic heterocycles. The van der Waals surface area contributed by atoms with Gasteiger partial charge in [-0.3, -0.25) is 0 Å². The number of alkyl halides is 6. The van der Waals surface area contributed by atoms with Crippen LogP contribution in [0.2, 0.25) is 0 Å². The summed E-state index contributed by atoms with van der Waals surface area (Å²) in [4.78, 5) is 0. The van der Waals surface area contributed by atoms with E-state index in [0.29, 0.717) is 5.56 Å². The van der Waals surface area contributed by atoms with Crippen molar-refractivity contribution in [3.63, 3.8) is 0 Å². The van der Waals surface area contributed by atoms with E-state index in [9.17, 15) is 13.2 Å². The molecule has 9 heteroatoms. The van der Waals surface area contributed by atoms with Crippen molar-refractivity contribution in [1.29, 1.82) is 0 Å². The van der Waals surface area contributed by atoms with Gasteiger partial charge in [0.25, 0.3) is 0 Å². The Labute approximate surface area is 802 Å². The zero-order valence-electron chi connectivity index (χ0n) is 84.2. The predicted octanol–water partition coefficient (Wildman–Crippen LogP) is 33.4. The van der Waals surface area contributed by atoms with Gasteiger partial charge >= 0.3 is 12.4 Å². The van der Waals surface area contributed by atoms with Crippen molar-refractivity contribution in [3.8, 4) is 17.2 Å². The highest BCUT2D eigenvalue weighted by Gasteiger charge is 2.65. The molecule has 0 unspecified atom stereocenters. The Kier molecular flexibility index (Phi) is 32.0. The van der Waals surface area contributed by atoms with Crippen molar-refractivity contribution >= 4 is 0 Å². The number of methoxy groups -OCH3 is 3. The topological polar surface area (TPSA) is 27.7 Å². The predicted molar refractivity (Wildman–Crippen MR) is 553 cm³/mol. The molecule has 0 atom stereocenters. The Balaban J connectivity index is 0.000000162. The van der Waals surface area contributed by atoms with E-state index in [4.69, 9.17) is 14.2 Å². The van der Waals surface area contributed by atoms with E-state index >= 15 is 13.2 Å². The number of ether oxygens (including phenoxy) is 3. The van der Waals surface area contributed by atoms with Crippen LogP contribution in [0.15, 0.2) is 334 Å². The fraction of sp³-hybridized carbons (Fsp3) is 0.286. The van der Waals surface area contributed by atoms with Crippen LogP contribution in [0.3, 0.4) is 0 Å². The molecule has 3 nitrogen and oxygen atoms in total. The molecule has 0 radical (unpaired) electrons. The molecule has 0 amide bonds. The lowest BCUT2D eigenvalue weighted by molar-refractivity contribution is -0.195. The average molecular weight is 1810 g/mol. The number of aryl methyl sites for hydroxylation is 15. The molecule has 15 aromatic rings. The van der Waals surface area contributed by atoms with Crippen LogP contribution in [0.4, 0.5) is 26.3 Å². The van der Waals surface area contributed by atoms with Gasteiger partial charge in [0.2, 0.25) is 0 Å². The summed E-state index contributed by atoms with van der Waals surface area (Å²) >= 11 is 0. The van der Waals surface area contributed by atoms with Gasteiger partial charge in [-0.15, -0.1) is 0 Å². The van der Waals surface area contributed by atoms with Gasteiger partial charge in [-0.05, 0) is 283 Å². The molecule has 0 saturated carbocycles. The summed E-state index contributed by atoms with van der Waals surface area (Å²) < 4.78 is 106. The van der Waals surface area contributed by atoms with Gasteiger partial charge in [0.15, 0.2) is 0 Å². The van der Waals surface area contributed by atoms with Gasteiger partial charge in [0.05, 0.1) is 21.3 Å². The molecule has 0 heterocycles. The van der Waals surface area contributed by atoms with Crippen molar-refractivity contribution in [1.82, 2.24) is 0 Å². The van der Waals surface area contributed by atoms with Gasteiger partial charge in [-0.1, -0.05) is 395 Å². The number of hydrogen-bond acceptors (Lipinski definition) is 3. The second kappa shape index (κ2) is 42.0. The lowest BCUT2D eigenvalue weighted by Crippen LogP contribution is -2.56. The zero-order chi connectivity index (χ0) is 98.7. The van der Waals surface area contributed by atoms with Crippen molar-refractivity contribution in [2.75, 3.05) is 21.3 Å². The fourth-order valence-electron chi connectivity index (χ4n) is 19.4. The lowest BCUT2D eigenvalue weighted by atomic mass is 9.55. The van der Waals surface area contributed by atoms with Crippen LogP contribution in [0.5, 0.6) is 17.2 Å². The second-order valence-corrected chi connectivity index (χ2v) is 38.8. The first kappa shape index (κ1) is 103. The second-order valence-electron chi connectivity index (χ2n) is 38.8. The summed E-state index contributed by atoms with van der Waals surface area (Å²) in [5.74, 6) is 2.75. The van der Waals surface area contributed by atoms with E-state index in [1.54, 1.807) is 181 Å². The standard InChI is InChI=1S/C28H34O.C25H25F3.C25H28O2.C25H28.C23H21F3/c1-17-10-11-24(16-27(17)29-9)28(8,25-12-18(2)22(6)19(3)13-25)26-14-20(4)23(7)21(5)15-26;1-18-10-14-21(15-11-18)24(25(26,27)28,22-16-12-19(2)13-17-22)23(3,4)20-8-6-5-7-9-20;1-17-7-11-20(12-8-17)25(4,21-13-9-18(2)23(15-21)26-5)22-14-10-19(3)24(16-22)27-6;1-19-11-15-22(16-12-19)25(5,23-17-13-20(2)14-18-23)24(3,4)21-9-7-6-8-10-21;1-16-4-10-19(11-5-16)22(23(24,25)26,20-12-6-17(2)7-13-20)21-14-8-18(3)9-15-21/h10-16H,1-9H3;5-17H,1-4H3;7-16H,1-6H3;6-18H,1-5H3;4-15H,1-3H3. The lowest BCUT2D eigenvalue weighted by Gasteiger charge is -2.49. The average Bonchev–Trinajstić information content (AvgIpc) is 0.697. The summed E-state index contributed by atoms with van der Waals surface area (Å²) in [6.45, 7) is 50.4. The quantitative estimate of drug-likeness (QED) is 0.0562. The minimum atomic E-state index is -4.50. The molecule has 0 saturated heterocycles. The Morgan fingerprint density at radius 3 is 0.637 bits per heavy atom. The Morgan fingerprint density at radius 1 is 0.185 bits per heavy atom. The molecular weight excluding hydrogens is 1680 g/mol. The third-order valence-electron chi connectivity index (χ3n) is 29.3. The SMILES string of the molecule is COc1cc(C(C)(c2cc(C)c(C)c(C)c2)c2cc(C)c(C)c(C)c2)ccc1C.COc1cc(C(C)(c2ccc(C)cc2)c2ccc(C)c(OC)c2)ccc1C.Cc1ccc(C(C)(c2ccc(C)cc2)C(C)(C)c2ccccc2)cc1.Cc1ccc(C(c2ccc(C)cc2)(C(F)(F)F)C(C)(C)c2ccccc2)cc1.Cc1ccc(C(c2ccc(C)cc2)(c2ccc(C)cc2)C(F)(F)F)cc1.